The van der Waals surface area contributed by atoms with Crippen molar-refractivity contribution >= 4 is 22.8 Å². The zero-order chi connectivity index (χ0) is 18.9. The van der Waals surface area contributed by atoms with E-state index >= 15 is 0 Å². The molecule has 26 heavy (non-hydrogen) atoms. The Morgan fingerprint density at radius 3 is 2.58 bits per heavy atom. The molecule has 138 valence electrons. The van der Waals surface area contributed by atoms with E-state index in [-0.39, 0.29) is 6.42 Å². The van der Waals surface area contributed by atoms with Gasteiger partial charge in [0.1, 0.15) is 0 Å². The smallest absolute Gasteiger partial charge is 0.394 e. The summed E-state index contributed by atoms with van der Waals surface area (Å²) in [6.45, 7) is -1.01. The summed E-state index contributed by atoms with van der Waals surface area (Å²) in [6, 6.07) is 9.18. The maximum Gasteiger partial charge on any atom is 0.394 e. The van der Waals surface area contributed by atoms with Crippen molar-refractivity contribution in [2.45, 2.75) is 19.0 Å². The molecule has 0 unspecified atom stereocenters. The van der Waals surface area contributed by atoms with E-state index in [1.807, 2.05) is 24.3 Å². The molecule has 2 atom stereocenters. The van der Waals surface area contributed by atoms with Crippen molar-refractivity contribution in [1.29, 1.82) is 0 Å². The molecular formula is C18H17F3N2O3. The number of carboxylic acid groups (broad SMARTS) is 1. The Bertz CT molecular complexity index is 833. The van der Waals surface area contributed by atoms with Crippen molar-refractivity contribution in [3.05, 3.63) is 42.1 Å². The van der Waals surface area contributed by atoms with Crippen LogP contribution in [0.2, 0.25) is 0 Å². The largest absolute Gasteiger partial charge is 0.481 e. The summed E-state index contributed by atoms with van der Waals surface area (Å²) in [5, 5.41) is 9.92. The zero-order valence-electron chi connectivity index (χ0n) is 13.7. The van der Waals surface area contributed by atoms with Crippen molar-refractivity contribution in [2.24, 2.45) is 11.8 Å². The first-order chi connectivity index (χ1) is 12.3. The third-order valence-corrected chi connectivity index (χ3v) is 4.76. The minimum Gasteiger partial charge on any atom is -0.481 e. The summed E-state index contributed by atoms with van der Waals surface area (Å²) in [5.41, 5.74) is 1.66. The van der Waals surface area contributed by atoms with Crippen LogP contribution in [0, 0.1) is 11.8 Å². The van der Waals surface area contributed by atoms with Crippen LogP contribution in [0.4, 0.5) is 13.2 Å². The van der Waals surface area contributed by atoms with Crippen LogP contribution in [0.1, 0.15) is 12.0 Å². The van der Waals surface area contributed by atoms with Gasteiger partial charge in [0.2, 0.25) is 5.91 Å². The Labute approximate surface area is 147 Å². The number of aliphatic carboxylic acids is 1. The number of likely N-dealkylation sites (tertiary alicyclic amines) is 1. The number of rotatable bonds is 4. The molecule has 0 radical (unpaired) electrons. The number of nitrogens with zero attached hydrogens (tertiary/aromatic N) is 2. The van der Waals surface area contributed by atoms with E-state index in [0.717, 1.165) is 21.4 Å². The lowest BCUT2D eigenvalue weighted by Crippen LogP contribution is -2.34. The SMILES string of the molecule is O=C(O)[C@@H]1CN(C(=O)CCc2ccnc3ccccc23)C[C@H]1C(F)(F)F. The summed E-state index contributed by atoms with van der Waals surface area (Å²) >= 11 is 0. The lowest BCUT2D eigenvalue weighted by atomic mass is 9.96. The van der Waals surface area contributed by atoms with Gasteiger partial charge in [-0.05, 0) is 24.1 Å². The Morgan fingerprint density at radius 1 is 1.19 bits per heavy atom. The maximum atomic E-state index is 13.0. The summed E-state index contributed by atoms with van der Waals surface area (Å²) in [5.74, 6) is -5.63. The molecular weight excluding hydrogens is 349 g/mol. The predicted octanol–water partition coefficient (Wildman–Crippen LogP) is 2.89. The van der Waals surface area contributed by atoms with Crippen LogP contribution in [0.3, 0.4) is 0 Å². The lowest BCUT2D eigenvalue weighted by molar-refractivity contribution is -0.188. The monoisotopic (exact) mass is 366 g/mol. The van der Waals surface area contributed by atoms with Gasteiger partial charge >= 0.3 is 12.1 Å². The lowest BCUT2D eigenvalue weighted by Gasteiger charge is -2.18. The van der Waals surface area contributed by atoms with Crippen molar-refractivity contribution in [2.75, 3.05) is 13.1 Å². The highest BCUT2D eigenvalue weighted by Gasteiger charge is 2.53. The number of amides is 1. The van der Waals surface area contributed by atoms with Gasteiger partial charge < -0.3 is 10.0 Å². The first-order valence-electron chi connectivity index (χ1n) is 8.17. The molecule has 0 saturated carbocycles. The number of aryl methyl sites for hydroxylation is 1. The van der Waals surface area contributed by atoms with Gasteiger partial charge in [-0.1, -0.05) is 18.2 Å². The van der Waals surface area contributed by atoms with E-state index in [0.29, 0.717) is 6.42 Å². The normalized spacial score (nSPS) is 20.5. The molecule has 1 aliphatic heterocycles. The highest BCUT2D eigenvalue weighted by molar-refractivity contribution is 5.83. The summed E-state index contributed by atoms with van der Waals surface area (Å²) in [4.78, 5) is 28.7. The Balaban J connectivity index is 1.69. The maximum absolute atomic E-state index is 13.0. The van der Waals surface area contributed by atoms with Gasteiger partial charge in [-0.25, -0.2) is 0 Å². The van der Waals surface area contributed by atoms with Crippen molar-refractivity contribution in [3.63, 3.8) is 0 Å². The number of alkyl halides is 3. The summed E-state index contributed by atoms with van der Waals surface area (Å²) in [6.07, 6.45) is -2.64. The second-order valence-electron chi connectivity index (χ2n) is 6.38. The van der Waals surface area contributed by atoms with Crippen LogP contribution in [0.5, 0.6) is 0 Å². The highest BCUT2D eigenvalue weighted by atomic mass is 19.4. The molecule has 1 aromatic carbocycles. The molecule has 8 heteroatoms. The number of halogens is 3. The van der Waals surface area contributed by atoms with Gasteiger partial charge in [-0.15, -0.1) is 0 Å². The third-order valence-electron chi connectivity index (χ3n) is 4.76. The third kappa shape index (κ3) is 3.63. The molecule has 1 aliphatic rings. The van der Waals surface area contributed by atoms with E-state index in [2.05, 4.69) is 4.98 Å². The highest BCUT2D eigenvalue weighted by Crippen LogP contribution is 2.38. The van der Waals surface area contributed by atoms with Crippen molar-refractivity contribution in [3.8, 4) is 0 Å². The minimum atomic E-state index is -4.64. The van der Waals surface area contributed by atoms with Gasteiger partial charge in [0.25, 0.3) is 0 Å². The fraction of sp³-hybridized carbons (Fsp3) is 0.389. The fourth-order valence-corrected chi connectivity index (χ4v) is 3.36. The Hall–Kier alpha value is -2.64. The molecule has 5 nitrogen and oxygen atoms in total. The van der Waals surface area contributed by atoms with Crippen LogP contribution in [0.25, 0.3) is 10.9 Å². The van der Waals surface area contributed by atoms with Crippen LogP contribution < -0.4 is 0 Å². The minimum absolute atomic E-state index is 0.0188. The molecule has 3 rings (SSSR count). The number of carbonyl (C=O) groups excluding carboxylic acids is 1. The van der Waals surface area contributed by atoms with E-state index < -0.39 is 43.0 Å². The first kappa shape index (κ1) is 18.2. The summed E-state index contributed by atoms with van der Waals surface area (Å²) < 4.78 is 39.1. The Kier molecular flexibility index (Phi) is 4.84. The van der Waals surface area contributed by atoms with Crippen LogP contribution >= 0.6 is 0 Å². The topological polar surface area (TPSA) is 70.5 Å². The molecule has 1 amide bonds. The summed E-state index contributed by atoms with van der Waals surface area (Å²) in [7, 11) is 0. The molecule has 2 aromatic rings. The second-order valence-corrected chi connectivity index (χ2v) is 6.38. The fourth-order valence-electron chi connectivity index (χ4n) is 3.36. The number of hydrogen-bond acceptors (Lipinski definition) is 3. The number of carbonyl (C=O) groups is 2. The van der Waals surface area contributed by atoms with Gasteiger partial charge in [0.15, 0.2) is 0 Å². The molecule has 1 N–H and O–H groups in total. The quantitative estimate of drug-likeness (QED) is 0.903. The molecule has 1 saturated heterocycles. The van der Waals surface area contributed by atoms with Gasteiger partial charge in [0.05, 0.1) is 17.4 Å². The molecule has 0 spiro atoms. The van der Waals surface area contributed by atoms with Crippen LogP contribution in [0.15, 0.2) is 36.5 Å². The number of para-hydroxylation sites is 1. The van der Waals surface area contributed by atoms with Gasteiger partial charge in [0, 0.05) is 31.1 Å². The van der Waals surface area contributed by atoms with Gasteiger partial charge in [-0.2, -0.15) is 13.2 Å². The number of fused-ring (bicyclic) bond motifs is 1. The van der Waals surface area contributed by atoms with E-state index in [9.17, 15) is 22.8 Å². The van der Waals surface area contributed by atoms with Crippen molar-refractivity contribution < 1.29 is 27.9 Å². The van der Waals surface area contributed by atoms with E-state index in [1.165, 1.54) is 0 Å². The molecule has 1 fully saturated rings. The average Bonchev–Trinajstić information content (AvgIpc) is 3.06. The molecule has 0 aliphatic carbocycles. The predicted molar refractivity (Wildman–Crippen MR) is 87.3 cm³/mol. The van der Waals surface area contributed by atoms with E-state index in [4.69, 9.17) is 5.11 Å². The number of carboxylic acids is 1. The molecule has 1 aromatic heterocycles. The van der Waals surface area contributed by atoms with Crippen LogP contribution in [-0.4, -0.2) is 46.1 Å². The first-order valence-corrected chi connectivity index (χ1v) is 8.17. The van der Waals surface area contributed by atoms with Crippen molar-refractivity contribution in [1.82, 2.24) is 9.88 Å². The standard InChI is InChI=1S/C18H17F3N2O3/c19-18(20,21)14-10-23(9-13(14)17(25)26)16(24)6-5-11-7-8-22-15-4-2-1-3-12(11)15/h1-4,7-8,13-14H,5-6,9-10H2,(H,25,26)/t13-,14-/m1/s1. The van der Waals surface area contributed by atoms with Gasteiger partial charge in [-0.3, -0.25) is 14.6 Å². The zero-order valence-corrected chi connectivity index (χ0v) is 13.7. The number of pyridine rings is 1. The second kappa shape index (κ2) is 6.93. The molecule has 0 bridgehead atoms. The number of hydrogen-bond donors (Lipinski definition) is 1. The Morgan fingerprint density at radius 2 is 1.92 bits per heavy atom. The van der Waals surface area contributed by atoms with Crippen LogP contribution in [-0.2, 0) is 16.0 Å². The number of aromatic nitrogens is 1. The average molecular weight is 366 g/mol. The molecule has 2 heterocycles. The number of benzene rings is 1. The van der Waals surface area contributed by atoms with E-state index in [1.54, 1.807) is 12.3 Å².